The molecule has 2 atom stereocenters. The molecule has 5 heteroatoms. The number of aryl methyl sites for hydroxylation is 2. The van der Waals surface area contributed by atoms with Crippen molar-refractivity contribution in [3.8, 4) is 0 Å². The molecule has 6 aromatic rings. The Morgan fingerprint density at radius 2 is 1.18 bits per heavy atom. The molecule has 2 unspecified atom stereocenters. The zero-order valence-electron chi connectivity index (χ0n) is 24.6. The molecule has 3 aliphatic rings. The fraction of sp³-hybridized carbons (Fsp3) is 0.179. The van der Waals surface area contributed by atoms with Crippen LogP contribution in [0.4, 0.5) is 0 Å². The summed E-state index contributed by atoms with van der Waals surface area (Å²) in [5.41, 5.74) is 16.1. The van der Waals surface area contributed by atoms with Gasteiger partial charge in [-0.25, -0.2) is 0 Å². The molecule has 0 amide bonds. The van der Waals surface area contributed by atoms with Crippen LogP contribution in [-0.2, 0) is 36.1 Å². The number of hydrogen-bond donors (Lipinski definition) is 0. The first-order chi connectivity index (χ1) is 20.8. The van der Waals surface area contributed by atoms with Gasteiger partial charge in [0.1, 0.15) is 0 Å². The van der Waals surface area contributed by atoms with Gasteiger partial charge in [0.2, 0.25) is 0 Å². The third kappa shape index (κ3) is 4.46. The van der Waals surface area contributed by atoms with Crippen LogP contribution in [0.1, 0.15) is 59.3 Å². The number of benzene rings is 4. The summed E-state index contributed by atoms with van der Waals surface area (Å²) < 4.78 is 6.23. The average molecular weight is 691 g/mol. The van der Waals surface area contributed by atoms with Crippen LogP contribution in [-0.4, -0.2) is 9.13 Å². The van der Waals surface area contributed by atoms with E-state index in [1.807, 2.05) is 0 Å². The summed E-state index contributed by atoms with van der Waals surface area (Å²) >= 11 is -1.14. The van der Waals surface area contributed by atoms with E-state index in [2.05, 4.69) is 131 Å². The number of rotatable bonds is 4. The van der Waals surface area contributed by atoms with Crippen LogP contribution in [0.5, 0.6) is 0 Å². The van der Waals surface area contributed by atoms with Crippen LogP contribution < -0.4 is 24.8 Å². The molecule has 2 aromatic heterocycles. The van der Waals surface area contributed by atoms with E-state index in [4.69, 9.17) is 0 Å². The van der Waals surface area contributed by atoms with Gasteiger partial charge in [0.05, 0.1) is 0 Å². The molecular formula is C39H32Cl2N2Zr. The molecule has 0 radical (unpaired) electrons. The van der Waals surface area contributed by atoms with Gasteiger partial charge in [-0.15, -0.1) is 0 Å². The first-order valence-corrected chi connectivity index (χ1v) is 18.2. The minimum absolute atomic E-state index is 0. The zero-order valence-corrected chi connectivity index (χ0v) is 28.6. The number of fused-ring (bicyclic) bond motifs is 6. The maximum Gasteiger partial charge on any atom is -1.00 e. The second-order valence-electron chi connectivity index (χ2n) is 12.1. The van der Waals surface area contributed by atoms with Crippen LogP contribution >= 0.6 is 0 Å². The molecule has 0 fully saturated rings. The first kappa shape index (κ1) is 29.6. The molecule has 3 aliphatic carbocycles. The van der Waals surface area contributed by atoms with E-state index in [1.54, 1.807) is 16.8 Å². The molecule has 9 rings (SSSR count). The topological polar surface area (TPSA) is 9.86 Å². The van der Waals surface area contributed by atoms with E-state index >= 15 is 0 Å². The second-order valence-corrected chi connectivity index (χ2v) is 15.8. The molecule has 216 valence electrons. The molecule has 0 bridgehead atoms. The number of allylic oxidation sites excluding steroid dienone is 2. The van der Waals surface area contributed by atoms with Crippen molar-refractivity contribution in [2.75, 3.05) is 0 Å². The molecule has 0 N–H and O–H groups in total. The van der Waals surface area contributed by atoms with Crippen LogP contribution in [0.3, 0.4) is 0 Å². The van der Waals surface area contributed by atoms with Crippen molar-refractivity contribution in [3.63, 3.8) is 0 Å². The number of para-hydroxylation sites is 2. The number of halogens is 2. The Bertz CT molecular complexity index is 2110. The average Bonchev–Trinajstić information content (AvgIpc) is 3.76. The summed E-state index contributed by atoms with van der Waals surface area (Å²) in [6.45, 7) is 2.28. The van der Waals surface area contributed by atoms with Gasteiger partial charge in [-0.05, 0) is 0 Å². The third-order valence-electron chi connectivity index (χ3n) is 9.74. The van der Waals surface area contributed by atoms with Crippen LogP contribution in [0.2, 0.25) is 0 Å². The monoisotopic (exact) mass is 688 g/mol. The van der Waals surface area contributed by atoms with Gasteiger partial charge in [0.15, 0.2) is 0 Å². The second kappa shape index (κ2) is 11.7. The predicted octanol–water partition coefficient (Wildman–Crippen LogP) is 3.68. The molecule has 2 nitrogen and oxygen atoms in total. The van der Waals surface area contributed by atoms with E-state index in [0.717, 1.165) is 0 Å². The summed E-state index contributed by atoms with van der Waals surface area (Å²) in [6, 6.07) is 38.9. The summed E-state index contributed by atoms with van der Waals surface area (Å²) in [5.74, 6) is 0. The Kier molecular flexibility index (Phi) is 7.86. The predicted molar refractivity (Wildman–Crippen MR) is 172 cm³/mol. The fourth-order valence-electron chi connectivity index (χ4n) is 7.94. The summed E-state index contributed by atoms with van der Waals surface area (Å²) in [7, 11) is 0. The van der Waals surface area contributed by atoms with E-state index in [1.165, 1.54) is 81.3 Å². The normalized spacial score (nSPS) is 18.0. The molecule has 0 saturated carbocycles. The molecule has 4 aromatic carbocycles. The molecule has 44 heavy (non-hydrogen) atoms. The Labute approximate surface area is 282 Å². The van der Waals surface area contributed by atoms with Gasteiger partial charge in [0, 0.05) is 0 Å². The Morgan fingerprint density at radius 3 is 1.91 bits per heavy atom. The van der Waals surface area contributed by atoms with Gasteiger partial charge in [-0.1, -0.05) is 0 Å². The smallest absolute Gasteiger partial charge is 1.00 e. The minimum Gasteiger partial charge on any atom is -1.00 e. The van der Waals surface area contributed by atoms with Crippen molar-refractivity contribution < 1.29 is 48.0 Å². The molecule has 0 spiro atoms. The fourth-order valence-corrected chi connectivity index (χ4v) is 12.8. The minimum atomic E-state index is -1.14. The summed E-state index contributed by atoms with van der Waals surface area (Å²) in [4.78, 5) is 0. The van der Waals surface area contributed by atoms with Crippen molar-refractivity contribution in [1.82, 2.24) is 9.13 Å². The van der Waals surface area contributed by atoms with Crippen molar-refractivity contribution in [2.45, 2.75) is 39.9 Å². The van der Waals surface area contributed by atoms with Crippen molar-refractivity contribution >= 4 is 45.4 Å². The van der Waals surface area contributed by atoms with Crippen molar-refractivity contribution in [2.24, 2.45) is 0 Å². The third-order valence-corrected chi connectivity index (χ3v) is 14.4. The van der Waals surface area contributed by atoms with Crippen LogP contribution in [0.25, 0.3) is 45.4 Å². The molecular weight excluding hydrogens is 659 g/mol. The first-order valence-electron chi connectivity index (χ1n) is 15.3. The van der Waals surface area contributed by atoms with Gasteiger partial charge in [-0.2, -0.15) is 0 Å². The summed E-state index contributed by atoms with van der Waals surface area (Å²) in [5, 5.41) is 2.79. The Morgan fingerprint density at radius 1 is 0.614 bits per heavy atom. The molecule has 0 saturated heterocycles. The SMILES string of the molecule is Cc1cc2ccccc2n1C1=Cc2ccccc2[CH]1[Zr+2][CH]1C(n2c3c(c4ccccc42)CCCC3)=Cc2ccccc21.[Cl-].[Cl-]. The molecule has 2 heterocycles. The standard InChI is InChI=1S/C21H18N.C18H14N.2ClH.Zr/c1-2-8-16-14-17(13-15(16)7-1)22-20-11-5-3-9-18(20)19-10-4-6-12-21(19)22;1-13-10-16-8-4-5-9-18(16)19(13)17-11-14-6-2-3-7-15(14)12-17;;;/h1-3,5,7-9,11,13-14H,4,6,10,12H2;2-12H,1H3;2*1H;/q;;;;+2/p-2. The maximum absolute atomic E-state index is 2.72. The Hall–Kier alpha value is -3.10. The number of aromatic nitrogens is 2. The van der Waals surface area contributed by atoms with Crippen LogP contribution in [0, 0.1) is 6.92 Å². The zero-order chi connectivity index (χ0) is 27.8. The number of hydrogen-bond acceptors (Lipinski definition) is 0. The van der Waals surface area contributed by atoms with Gasteiger partial charge >= 0.3 is 260 Å². The van der Waals surface area contributed by atoms with E-state index in [-0.39, 0.29) is 24.8 Å². The van der Waals surface area contributed by atoms with Crippen molar-refractivity contribution in [3.05, 3.63) is 142 Å². The Balaban J connectivity index is 0.00000156. The van der Waals surface area contributed by atoms with Gasteiger partial charge in [-0.3, -0.25) is 0 Å². The maximum atomic E-state index is 2.72. The van der Waals surface area contributed by atoms with Crippen LogP contribution in [0.15, 0.2) is 103 Å². The van der Waals surface area contributed by atoms with E-state index < -0.39 is 23.2 Å². The largest absolute Gasteiger partial charge is 1.00 e. The van der Waals surface area contributed by atoms with E-state index in [9.17, 15) is 0 Å². The van der Waals surface area contributed by atoms with Gasteiger partial charge in [0.25, 0.3) is 0 Å². The summed E-state index contributed by atoms with van der Waals surface area (Å²) in [6.07, 6.45) is 10.0. The van der Waals surface area contributed by atoms with Crippen molar-refractivity contribution in [1.29, 1.82) is 0 Å². The molecule has 0 aliphatic heterocycles. The van der Waals surface area contributed by atoms with E-state index in [0.29, 0.717) is 7.25 Å². The quantitative estimate of drug-likeness (QED) is 0.268. The van der Waals surface area contributed by atoms with Gasteiger partial charge < -0.3 is 24.8 Å². The number of nitrogens with zero attached hydrogens (tertiary/aromatic N) is 2.